The second kappa shape index (κ2) is 13.7. The van der Waals surface area contributed by atoms with Crippen LogP contribution in [0.25, 0.3) is 11.6 Å². The van der Waals surface area contributed by atoms with Gasteiger partial charge in [0.05, 0.1) is 17.4 Å². The summed E-state index contributed by atoms with van der Waals surface area (Å²) < 4.78 is 0. The molecule has 0 saturated heterocycles. The fraction of sp³-hybridized carbons (Fsp3) is 0.0789. The molecule has 0 fully saturated rings. The lowest BCUT2D eigenvalue weighted by Gasteiger charge is -2.18. The molecule has 47 heavy (non-hydrogen) atoms. The highest BCUT2D eigenvalue weighted by Gasteiger charge is 2.26. The fourth-order valence-corrected chi connectivity index (χ4v) is 5.39. The van der Waals surface area contributed by atoms with E-state index in [9.17, 15) is 19.5 Å². The summed E-state index contributed by atoms with van der Waals surface area (Å²) >= 11 is 0. The van der Waals surface area contributed by atoms with Gasteiger partial charge in [-0.2, -0.15) is 0 Å². The van der Waals surface area contributed by atoms with Gasteiger partial charge >= 0.3 is 6.03 Å². The predicted molar refractivity (Wildman–Crippen MR) is 187 cm³/mol. The highest BCUT2D eigenvalue weighted by molar-refractivity contribution is 6.35. The fourth-order valence-electron chi connectivity index (χ4n) is 5.39. The van der Waals surface area contributed by atoms with Crippen molar-refractivity contribution < 1.29 is 19.5 Å². The van der Waals surface area contributed by atoms with E-state index in [-0.39, 0.29) is 23.6 Å². The zero-order valence-electron chi connectivity index (χ0n) is 25.6. The van der Waals surface area contributed by atoms with Crippen LogP contribution in [0, 0.1) is 0 Å². The first kappa shape index (κ1) is 30.7. The van der Waals surface area contributed by atoms with Crippen LogP contribution in [0.4, 0.5) is 33.2 Å². The lowest BCUT2D eigenvalue weighted by atomic mass is 9.99. The van der Waals surface area contributed by atoms with Gasteiger partial charge < -0.3 is 31.7 Å². The van der Waals surface area contributed by atoms with E-state index in [0.29, 0.717) is 45.1 Å². The number of aromatic hydroxyl groups is 1. The molecule has 9 nitrogen and oxygen atoms in total. The molecule has 0 saturated carbocycles. The summed E-state index contributed by atoms with van der Waals surface area (Å²) in [5.74, 6) is -0.383. The van der Waals surface area contributed by atoms with Gasteiger partial charge in [0, 0.05) is 33.8 Å². The van der Waals surface area contributed by atoms with Crippen LogP contribution in [-0.4, -0.2) is 23.0 Å². The van der Waals surface area contributed by atoms with Crippen molar-refractivity contribution in [3.05, 3.63) is 144 Å². The van der Waals surface area contributed by atoms with E-state index in [1.54, 1.807) is 42.5 Å². The Labute approximate surface area is 272 Å². The van der Waals surface area contributed by atoms with Crippen molar-refractivity contribution >= 4 is 57.9 Å². The van der Waals surface area contributed by atoms with Crippen LogP contribution >= 0.6 is 0 Å². The second-order valence-electron chi connectivity index (χ2n) is 11.0. The van der Waals surface area contributed by atoms with Crippen molar-refractivity contribution in [1.29, 1.82) is 0 Å². The maximum absolute atomic E-state index is 13.3. The summed E-state index contributed by atoms with van der Waals surface area (Å²) in [6.07, 6.45) is 2.52. The minimum Gasteiger partial charge on any atom is -0.508 e. The van der Waals surface area contributed by atoms with Gasteiger partial charge in [0.1, 0.15) is 5.75 Å². The van der Waals surface area contributed by atoms with Crippen LogP contribution in [0.2, 0.25) is 0 Å². The van der Waals surface area contributed by atoms with Crippen molar-refractivity contribution in [1.82, 2.24) is 5.32 Å². The zero-order chi connectivity index (χ0) is 32.8. The first-order valence-corrected chi connectivity index (χ1v) is 15.2. The number of carbonyl (C=O) groups is 3. The highest BCUT2D eigenvalue weighted by Crippen LogP contribution is 2.36. The van der Waals surface area contributed by atoms with Gasteiger partial charge in [0.2, 0.25) is 0 Å². The maximum atomic E-state index is 13.3. The Hall–Kier alpha value is -6.35. The third-order valence-corrected chi connectivity index (χ3v) is 7.81. The van der Waals surface area contributed by atoms with E-state index in [4.69, 9.17) is 0 Å². The van der Waals surface area contributed by atoms with E-state index in [0.717, 1.165) is 17.5 Å². The number of benzene rings is 5. The molecule has 0 radical (unpaired) electrons. The first-order valence-electron chi connectivity index (χ1n) is 15.2. The molecule has 0 unspecified atom stereocenters. The highest BCUT2D eigenvalue weighted by atomic mass is 16.3. The number of carbonyl (C=O) groups excluding carboxylic acids is 3. The monoisotopic (exact) mass is 623 g/mol. The Kier molecular flexibility index (Phi) is 8.97. The largest absolute Gasteiger partial charge is 0.508 e. The third-order valence-electron chi connectivity index (χ3n) is 7.81. The molecular formula is C38H33N5O4. The number of nitrogens with one attached hydrogen (secondary N) is 5. The standard InChI is InChI=1S/C38H33N5O4/c1-2-31(24-10-4-3-5-11-24)41-36(45)26-16-21-33-29(23-26)30(37(46)42-33)22-25-12-6-7-13-32(25)40-34-14-8-9-15-35(34)43-38(47)39-27-17-19-28(44)20-18-27/h3-23,31,40,44H,2H2,1H3,(H,41,45)(H,42,46)(H2,39,43,47)/b30-22-/t31-/m1/s1. The molecule has 6 rings (SSSR count). The van der Waals surface area contributed by atoms with Gasteiger partial charge in [0.15, 0.2) is 0 Å². The number of rotatable bonds is 9. The number of amides is 4. The number of para-hydroxylation sites is 3. The van der Waals surface area contributed by atoms with Gasteiger partial charge in [-0.15, -0.1) is 0 Å². The van der Waals surface area contributed by atoms with Crippen LogP contribution in [0.1, 0.15) is 46.4 Å². The van der Waals surface area contributed by atoms with Gasteiger partial charge in [-0.1, -0.05) is 67.6 Å². The summed E-state index contributed by atoms with van der Waals surface area (Å²) in [5.41, 5.74) is 6.32. The lowest BCUT2D eigenvalue weighted by Crippen LogP contribution is -2.28. The molecule has 0 aromatic heterocycles. The average molecular weight is 624 g/mol. The van der Waals surface area contributed by atoms with Crippen molar-refractivity contribution in [2.24, 2.45) is 0 Å². The molecule has 0 spiro atoms. The van der Waals surface area contributed by atoms with Gasteiger partial charge in [-0.3, -0.25) is 9.59 Å². The SMILES string of the molecule is CC[C@@H](NC(=O)c1ccc2c(c1)/C(=C/c1ccccc1Nc1ccccc1NC(=O)Nc1ccc(O)cc1)C(=O)N2)c1ccccc1. The van der Waals surface area contributed by atoms with E-state index < -0.39 is 6.03 Å². The normalized spacial score (nSPS) is 13.3. The number of phenolic OH excluding ortho intramolecular Hbond substituents is 1. The first-order chi connectivity index (χ1) is 22.9. The molecule has 1 aliphatic rings. The summed E-state index contributed by atoms with van der Waals surface area (Å²) in [4.78, 5) is 39.2. The van der Waals surface area contributed by atoms with Crippen LogP contribution in [0.5, 0.6) is 5.75 Å². The molecule has 1 heterocycles. The number of hydrogen-bond donors (Lipinski definition) is 6. The average Bonchev–Trinajstić information content (AvgIpc) is 3.40. The smallest absolute Gasteiger partial charge is 0.323 e. The van der Waals surface area contributed by atoms with Crippen molar-refractivity contribution in [3.63, 3.8) is 0 Å². The summed E-state index contributed by atoms with van der Waals surface area (Å²) in [6.45, 7) is 2.02. The number of anilines is 5. The number of hydrogen-bond acceptors (Lipinski definition) is 5. The molecule has 5 aromatic carbocycles. The van der Waals surface area contributed by atoms with Crippen LogP contribution in [-0.2, 0) is 4.79 Å². The predicted octanol–water partition coefficient (Wildman–Crippen LogP) is 8.15. The van der Waals surface area contributed by atoms with E-state index in [2.05, 4.69) is 26.6 Å². The quantitative estimate of drug-likeness (QED) is 0.0729. The summed E-state index contributed by atoms with van der Waals surface area (Å²) in [6, 6.07) is 35.4. The minimum atomic E-state index is -0.451. The minimum absolute atomic E-state index is 0.104. The Balaban J connectivity index is 1.23. The summed E-state index contributed by atoms with van der Waals surface area (Å²) in [5, 5.41) is 24.5. The molecule has 1 aliphatic heterocycles. The molecule has 1 atom stereocenters. The third kappa shape index (κ3) is 7.15. The maximum Gasteiger partial charge on any atom is 0.323 e. The molecule has 4 amide bonds. The lowest BCUT2D eigenvalue weighted by molar-refractivity contribution is -0.110. The molecule has 234 valence electrons. The molecule has 0 bridgehead atoms. The number of phenols is 1. The molecule has 5 aromatic rings. The Bertz CT molecular complexity index is 1970. The van der Waals surface area contributed by atoms with Crippen molar-refractivity contribution in [3.8, 4) is 5.75 Å². The second-order valence-corrected chi connectivity index (χ2v) is 11.0. The van der Waals surface area contributed by atoms with Crippen LogP contribution in [0.3, 0.4) is 0 Å². The van der Waals surface area contributed by atoms with Gasteiger partial charge in [-0.05, 0) is 84.3 Å². The van der Waals surface area contributed by atoms with Gasteiger partial charge in [0.25, 0.3) is 11.8 Å². The number of fused-ring (bicyclic) bond motifs is 1. The van der Waals surface area contributed by atoms with E-state index in [1.807, 2.05) is 79.7 Å². The van der Waals surface area contributed by atoms with E-state index >= 15 is 0 Å². The molecule has 0 aliphatic carbocycles. The van der Waals surface area contributed by atoms with Crippen LogP contribution < -0.4 is 26.6 Å². The molecule has 9 heteroatoms. The van der Waals surface area contributed by atoms with Crippen molar-refractivity contribution in [2.45, 2.75) is 19.4 Å². The Morgan fingerprint density at radius 3 is 2.21 bits per heavy atom. The Morgan fingerprint density at radius 1 is 0.787 bits per heavy atom. The van der Waals surface area contributed by atoms with E-state index in [1.165, 1.54) is 12.1 Å². The summed E-state index contributed by atoms with van der Waals surface area (Å²) in [7, 11) is 0. The topological polar surface area (TPSA) is 132 Å². The zero-order valence-corrected chi connectivity index (χ0v) is 25.6. The molecule has 6 N–H and O–H groups in total. The van der Waals surface area contributed by atoms with Crippen molar-refractivity contribution in [2.75, 3.05) is 21.3 Å². The Morgan fingerprint density at radius 2 is 1.47 bits per heavy atom. The van der Waals surface area contributed by atoms with Gasteiger partial charge in [-0.25, -0.2) is 4.79 Å². The molecular weight excluding hydrogens is 590 g/mol. The number of urea groups is 1. The van der Waals surface area contributed by atoms with Crippen LogP contribution in [0.15, 0.2) is 121 Å².